The molecule has 0 saturated carbocycles. The van der Waals surface area contributed by atoms with E-state index >= 15 is 0 Å². The van der Waals surface area contributed by atoms with Gasteiger partial charge in [-0.25, -0.2) is 0 Å². The monoisotopic (exact) mass is 621 g/mol. The number of fused-ring (bicyclic) bond motifs is 2. The van der Waals surface area contributed by atoms with Crippen molar-refractivity contribution in [2.75, 3.05) is 29.5 Å². The molecule has 2 N–H and O–H groups in total. The van der Waals surface area contributed by atoms with Gasteiger partial charge in [-0.1, -0.05) is 35.4 Å². The molecule has 3 aliphatic rings. The summed E-state index contributed by atoms with van der Waals surface area (Å²) in [4.78, 5) is 42.2. The number of hydrogen-bond acceptors (Lipinski definition) is 7. The Morgan fingerprint density at radius 3 is 2.61 bits per heavy atom. The first kappa shape index (κ1) is 32.3. The van der Waals surface area contributed by atoms with Crippen molar-refractivity contribution in [2.45, 2.75) is 96.7 Å². The molecule has 1 aromatic carbocycles. The molecule has 2 saturated heterocycles. The predicted octanol–water partition coefficient (Wildman–Crippen LogP) is 4.48. The molecule has 4 heterocycles. The van der Waals surface area contributed by atoms with Gasteiger partial charge in [0.2, 0.25) is 5.91 Å². The number of β-lactam (4-membered cyclic amide) rings is 1. The van der Waals surface area contributed by atoms with Crippen LogP contribution < -0.4 is 9.80 Å². The quantitative estimate of drug-likeness (QED) is 0.204. The zero-order valence-corrected chi connectivity index (χ0v) is 27.9. The molecule has 2 aromatic rings. The average molecular weight is 622 g/mol. The van der Waals surface area contributed by atoms with Crippen LogP contribution in [-0.2, 0) is 32.9 Å². The standard InChI is InChI=1S/C33H47N5O5Si/c1-22(2)8-7-9-23(3)12-17-38-28-11-10-26(37-18-14-30(37)40)20-27(28)33(32(38)41)24(4)31(44(5,6)42)29(43-33)13-16-36-21-25(15-19-39)34-35-36/h8,10-12,20-21,24,29,31,39,42H,7,9,13-19H2,1-6H3/b23-12+/t24-,29+,31-,33+/m0/s1. The Morgan fingerprint density at radius 1 is 1.20 bits per heavy atom. The molecular weight excluding hydrogens is 574 g/mol. The minimum Gasteiger partial charge on any atom is -0.432 e. The van der Waals surface area contributed by atoms with Gasteiger partial charge in [-0.2, -0.15) is 0 Å². The molecule has 11 heteroatoms. The number of rotatable bonds is 12. The molecule has 10 nitrogen and oxygen atoms in total. The number of carbonyl (C=O) groups excluding carboxylic acids is 2. The summed E-state index contributed by atoms with van der Waals surface area (Å²) in [7, 11) is -2.82. The molecule has 44 heavy (non-hydrogen) atoms. The molecule has 2 fully saturated rings. The Bertz CT molecular complexity index is 1460. The highest BCUT2D eigenvalue weighted by Crippen LogP contribution is 2.60. The summed E-state index contributed by atoms with van der Waals surface area (Å²) in [6.07, 6.45) is 9.18. The Balaban J connectivity index is 1.49. The number of aryl methyl sites for hydroxylation is 1. The smallest absolute Gasteiger partial charge is 0.264 e. The van der Waals surface area contributed by atoms with Gasteiger partial charge in [0.05, 0.1) is 17.5 Å². The fourth-order valence-corrected chi connectivity index (χ4v) is 9.75. The molecule has 1 aromatic heterocycles. The van der Waals surface area contributed by atoms with Crippen molar-refractivity contribution in [1.82, 2.24) is 15.0 Å². The van der Waals surface area contributed by atoms with Crippen LogP contribution in [-0.4, -0.2) is 70.8 Å². The Hall–Kier alpha value is -3.12. The van der Waals surface area contributed by atoms with Crippen molar-refractivity contribution in [3.05, 3.63) is 59.0 Å². The second-order valence-electron chi connectivity index (χ2n) is 13.4. The van der Waals surface area contributed by atoms with Crippen LogP contribution in [0.15, 0.2) is 47.7 Å². The third kappa shape index (κ3) is 6.07. The number of anilines is 2. The summed E-state index contributed by atoms with van der Waals surface area (Å²) >= 11 is 0. The lowest BCUT2D eigenvalue weighted by Gasteiger charge is -2.33. The van der Waals surface area contributed by atoms with E-state index in [9.17, 15) is 19.5 Å². The Kier molecular flexibility index (Phi) is 9.32. The number of aromatic nitrogens is 3. The molecule has 1 spiro atoms. The van der Waals surface area contributed by atoms with Crippen molar-refractivity contribution in [1.29, 1.82) is 0 Å². The fourth-order valence-electron chi connectivity index (χ4n) is 7.15. The van der Waals surface area contributed by atoms with Crippen molar-refractivity contribution in [2.24, 2.45) is 5.92 Å². The molecule has 238 valence electrons. The van der Waals surface area contributed by atoms with E-state index in [-0.39, 0.29) is 36.0 Å². The van der Waals surface area contributed by atoms with Gasteiger partial charge in [-0.15, -0.1) is 5.10 Å². The minimum absolute atomic E-state index is 0.00401. The van der Waals surface area contributed by atoms with Gasteiger partial charge in [-0.3, -0.25) is 14.3 Å². The SMILES string of the molecule is CC(C)=CCC/C(C)=C/CN1C(=O)[C@]2(O[C@H](CCn3cc(CCO)nn3)[C@@H]([Si](C)(C)O)[C@@H]2C)c2cc(N3CCC3=O)ccc21. The highest BCUT2D eigenvalue weighted by atomic mass is 28.4. The van der Waals surface area contributed by atoms with E-state index in [4.69, 9.17) is 4.74 Å². The fraction of sp³-hybridized carbons (Fsp3) is 0.576. The number of nitrogens with zero attached hydrogens (tertiary/aromatic N) is 5. The minimum atomic E-state index is -2.82. The summed E-state index contributed by atoms with van der Waals surface area (Å²) in [6.45, 7) is 13.8. The van der Waals surface area contributed by atoms with Crippen molar-refractivity contribution in [3.8, 4) is 0 Å². The summed E-state index contributed by atoms with van der Waals surface area (Å²) in [5.41, 5.74) is 4.10. The maximum Gasteiger partial charge on any atom is 0.264 e. The highest BCUT2D eigenvalue weighted by Gasteiger charge is 2.66. The largest absolute Gasteiger partial charge is 0.432 e. The normalized spacial score (nSPS) is 25.2. The van der Waals surface area contributed by atoms with Crippen LogP contribution in [0.2, 0.25) is 18.6 Å². The van der Waals surface area contributed by atoms with E-state index in [0.717, 1.165) is 29.8 Å². The van der Waals surface area contributed by atoms with Gasteiger partial charge >= 0.3 is 0 Å². The van der Waals surface area contributed by atoms with Crippen LogP contribution in [0.3, 0.4) is 0 Å². The topological polar surface area (TPSA) is 121 Å². The molecule has 0 unspecified atom stereocenters. The average Bonchev–Trinajstić information content (AvgIpc) is 3.59. The number of hydrogen-bond donors (Lipinski definition) is 2. The zero-order chi connectivity index (χ0) is 31.8. The molecule has 3 aliphatic heterocycles. The van der Waals surface area contributed by atoms with Crippen molar-refractivity contribution >= 4 is 31.5 Å². The first-order valence-corrected chi connectivity index (χ1v) is 18.8. The van der Waals surface area contributed by atoms with E-state index in [2.05, 4.69) is 43.2 Å². The second kappa shape index (κ2) is 12.7. The third-order valence-electron chi connectivity index (χ3n) is 9.44. The van der Waals surface area contributed by atoms with Crippen LogP contribution in [0.1, 0.15) is 64.6 Å². The van der Waals surface area contributed by atoms with Crippen molar-refractivity contribution < 1.29 is 24.2 Å². The van der Waals surface area contributed by atoms with E-state index < -0.39 is 13.9 Å². The lowest BCUT2D eigenvalue weighted by atomic mass is 9.82. The van der Waals surface area contributed by atoms with Gasteiger partial charge < -0.3 is 24.4 Å². The van der Waals surface area contributed by atoms with E-state index in [0.29, 0.717) is 44.6 Å². The predicted molar refractivity (Wildman–Crippen MR) is 173 cm³/mol. The Labute approximate surface area is 261 Å². The molecule has 4 atom stereocenters. The molecule has 0 radical (unpaired) electrons. The van der Waals surface area contributed by atoms with Crippen LogP contribution >= 0.6 is 0 Å². The number of aliphatic hydroxyl groups excluding tert-OH is 1. The summed E-state index contributed by atoms with van der Waals surface area (Å²) in [5.74, 6) is -0.332. The zero-order valence-electron chi connectivity index (χ0n) is 26.9. The van der Waals surface area contributed by atoms with E-state index in [1.165, 1.54) is 11.1 Å². The van der Waals surface area contributed by atoms with Gasteiger partial charge in [0, 0.05) is 68.0 Å². The van der Waals surface area contributed by atoms with Crippen molar-refractivity contribution in [3.63, 3.8) is 0 Å². The van der Waals surface area contributed by atoms with Crippen LogP contribution in [0.4, 0.5) is 11.4 Å². The third-order valence-corrected chi connectivity index (χ3v) is 11.9. The molecule has 2 amide bonds. The maximum absolute atomic E-state index is 14.7. The summed E-state index contributed by atoms with van der Waals surface area (Å²) < 4.78 is 8.70. The van der Waals surface area contributed by atoms with Crippen LogP contribution in [0.5, 0.6) is 0 Å². The number of aliphatic hydroxyl groups is 1. The number of allylic oxidation sites excluding steroid dienone is 3. The molecular formula is C33H47N5O5Si. The molecule has 0 bridgehead atoms. The Morgan fingerprint density at radius 2 is 1.98 bits per heavy atom. The number of amides is 2. The number of benzene rings is 1. The van der Waals surface area contributed by atoms with Gasteiger partial charge in [0.25, 0.3) is 5.91 Å². The summed E-state index contributed by atoms with van der Waals surface area (Å²) in [5, 5.41) is 17.6. The maximum atomic E-state index is 14.7. The van der Waals surface area contributed by atoms with Gasteiger partial charge in [-0.05, 0) is 71.3 Å². The van der Waals surface area contributed by atoms with Crippen LogP contribution in [0, 0.1) is 5.92 Å². The number of carbonyl (C=O) groups is 2. The van der Waals surface area contributed by atoms with E-state index in [1.54, 1.807) is 9.58 Å². The number of ether oxygens (including phenoxy) is 1. The van der Waals surface area contributed by atoms with Gasteiger partial charge in [0.15, 0.2) is 13.9 Å². The molecule has 5 rings (SSSR count). The molecule has 0 aliphatic carbocycles. The lowest BCUT2D eigenvalue weighted by molar-refractivity contribution is -0.145. The first-order chi connectivity index (χ1) is 20.9. The second-order valence-corrected chi connectivity index (χ2v) is 17.4. The van der Waals surface area contributed by atoms with Crippen LogP contribution in [0.25, 0.3) is 0 Å². The first-order valence-electron chi connectivity index (χ1n) is 15.8. The summed E-state index contributed by atoms with van der Waals surface area (Å²) in [6, 6.07) is 5.85. The highest BCUT2D eigenvalue weighted by molar-refractivity contribution is 6.71. The lowest BCUT2D eigenvalue weighted by Crippen LogP contribution is -2.46. The van der Waals surface area contributed by atoms with E-state index in [1.807, 2.05) is 49.3 Å². The van der Waals surface area contributed by atoms with Gasteiger partial charge in [0.1, 0.15) is 0 Å².